The van der Waals surface area contributed by atoms with Crippen molar-refractivity contribution >= 4 is 40.8 Å². The van der Waals surface area contributed by atoms with E-state index < -0.39 is 5.97 Å². The highest BCUT2D eigenvalue weighted by Gasteiger charge is 2.31. The molecule has 13 heteroatoms. The Labute approximate surface area is 302 Å². The van der Waals surface area contributed by atoms with Crippen LogP contribution < -0.4 is 10.6 Å². The number of carboxylic acid groups (broad SMARTS) is 1. The molecule has 2 aliphatic heterocycles. The Morgan fingerprint density at radius 3 is 2.02 bits per heavy atom. The summed E-state index contributed by atoms with van der Waals surface area (Å²) in [7, 11) is 5.82. The van der Waals surface area contributed by atoms with E-state index in [2.05, 4.69) is 32.5 Å². The summed E-state index contributed by atoms with van der Waals surface area (Å²) < 4.78 is 3.77. The SMILES string of the molecule is Cc1c(NC(=O)c2nc3c(n2C)CCN(C)C3)cccc1-c1cccc(NC(=O)c2nc3c(n2C)CCN(C[C@H]2CC[C@@H](C(=O)O)CC2)C3)c1Cl. The number of anilines is 2. The summed E-state index contributed by atoms with van der Waals surface area (Å²) in [6, 6.07) is 11.2. The molecule has 268 valence electrons. The molecule has 0 saturated heterocycles. The number of carbonyl (C=O) groups excluding carboxylic acids is 2. The first-order chi connectivity index (χ1) is 24.5. The number of hydrogen-bond acceptors (Lipinski definition) is 7. The van der Waals surface area contributed by atoms with Crippen molar-refractivity contribution in [1.29, 1.82) is 0 Å². The van der Waals surface area contributed by atoms with Crippen molar-refractivity contribution in [3.05, 3.63) is 81.4 Å². The highest BCUT2D eigenvalue weighted by atomic mass is 35.5. The normalized spacial score (nSPS) is 19.3. The van der Waals surface area contributed by atoms with Gasteiger partial charge in [0.25, 0.3) is 11.8 Å². The maximum Gasteiger partial charge on any atom is 0.306 e. The van der Waals surface area contributed by atoms with Crippen molar-refractivity contribution < 1.29 is 19.5 Å². The number of carboxylic acids is 1. The van der Waals surface area contributed by atoms with Crippen LogP contribution in [0.15, 0.2) is 36.4 Å². The van der Waals surface area contributed by atoms with Gasteiger partial charge in [0, 0.05) is 82.3 Å². The molecule has 4 aromatic rings. The Morgan fingerprint density at radius 1 is 0.804 bits per heavy atom. The number of aliphatic carboxylic acids is 1. The van der Waals surface area contributed by atoms with Crippen LogP contribution in [-0.4, -0.2) is 78.5 Å². The van der Waals surface area contributed by atoms with E-state index in [1.165, 1.54) is 0 Å². The van der Waals surface area contributed by atoms with E-state index in [0.717, 1.165) is 104 Å². The van der Waals surface area contributed by atoms with E-state index >= 15 is 0 Å². The minimum absolute atomic E-state index is 0.215. The zero-order chi connectivity index (χ0) is 36.0. The lowest BCUT2D eigenvalue weighted by Gasteiger charge is -2.33. The average Bonchev–Trinajstić information content (AvgIpc) is 3.62. The number of benzene rings is 2. The quantitative estimate of drug-likeness (QED) is 0.217. The summed E-state index contributed by atoms with van der Waals surface area (Å²) >= 11 is 6.98. The molecular formula is C38H45ClN8O4. The van der Waals surface area contributed by atoms with Gasteiger partial charge in [0.2, 0.25) is 0 Å². The van der Waals surface area contributed by atoms with Crippen LogP contribution in [-0.2, 0) is 44.8 Å². The van der Waals surface area contributed by atoms with Gasteiger partial charge in [-0.05, 0) is 68.8 Å². The first-order valence-corrected chi connectivity index (χ1v) is 18.1. The van der Waals surface area contributed by atoms with Gasteiger partial charge in [-0.25, -0.2) is 9.97 Å². The molecule has 51 heavy (non-hydrogen) atoms. The monoisotopic (exact) mass is 712 g/mol. The summed E-state index contributed by atoms with van der Waals surface area (Å²) in [6.45, 7) is 6.04. The number of amides is 2. The van der Waals surface area contributed by atoms with Crippen LogP contribution in [0.4, 0.5) is 11.4 Å². The zero-order valence-corrected chi connectivity index (χ0v) is 30.4. The second kappa shape index (κ2) is 14.2. The third kappa shape index (κ3) is 6.92. The van der Waals surface area contributed by atoms with Crippen molar-refractivity contribution in [2.75, 3.05) is 37.3 Å². The van der Waals surface area contributed by atoms with Crippen LogP contribution in [0.3, 0.4) is 0 Å². The number of imidazole rings is 2. The number of rotatable bonds is 8. The molecular weight excluding hydrogens is 668 g/mol. The van der Waals surface area contributed by atoms with Crippen molar-refractivity contribution in [3.63, 3.8) is 0 Å². The fourth-order valence-electron chi connectivity index (χ4n) is 8.02. The van der Waals surface area contributed by atoms with Gasteiger partial charge < -0.3 is 29.8 Å². The largest absolute Gasteiger partial charge is 0.481 e. The molecule has 3 aliphatic rings. The van der Waals surface area contributed by atoms with E-state index in [1.807, 2.05) is 60.5 Å². The molecule has 1 fully saturated rings. The highest BCUT2D eigenvalue weighted by molar-refractivity contribution is 6.36. The number of halogens is 1. The van der Waals surface area contributed by atoms with Gasteiger partial charge in [0.1, 0.15) is 0 Å². The lowest BCUT2D eigenvalue weighted by atomic mass is 9.81. The molecule has 0 bridgehead atoms. The molecule has 0 radical (unpaired) electrons. The third-order valence-corrected chi connectivity index (χ3v) is 11.4. The number of hydrogen-bond donors (Lipinski definition) is 3. The van der Waals surface area contributed by atoms with Gasteiger partial charge in [0.15, 0.2) is 11.6 Å². The second-order valence-corrected chi connectivity index (χ2v) is 14.7. The fraction of sp³-hybridized carbons (Fsp3) is 0.447. The lowest BCUT2D eigenvalue weighted by Crippen LogP contribution is -2.36. The van der Waals surface area contributed by atoms with E-state index in [1.54, 1.807) is 6.07 Å². The molecule has 7 rings (SSSR count). The minimum atomic E-state index is -0.679. The number of fused-ring (bicyclic) bond motifs is 2. The second-order valence-electron chi connectivity index (χ2n) is 14.4. The average molecular weight is 713 g/mol. The van der Waals surface area contributed by atoms with E-state index in [0.29, 0.717) is 40.5 Å². The Morgan fingerprint density at radius 2 is 1.37 bits per heavy atom. The lowest BCUT2D eigenvalue weighted by molar-refractivity contribution is -0.143. The van der Waals surface area contributed by atoms with Gasteiger partial charge >= 0.3 is 5.97 Å². The Kier molecular flexibility index (Phi) is 9.75. The van der Waals surface area contributed by atoms with Crippen LogP contribution in [0.2, 0.25) is 5.02 Å². The van der Waals surface area contributed by atoms with Gasteiger partial charge in [-0.1, -0.05) is 35.9 Å². The molecule has 0 atom stereocenters. The van der Waals surface area contributed by atoms with Crippen molar-refractivity contribution in [3.8, 4) is 11.1 Å². The number of carbonyl (C=O) groups is 3. The predicted molar refractivity (Wildman–Crippen MR) is 196 cm³/mol. The molecule has 1 aliphatic carbocycles. The maximum absolute atomic E-state index is 13.7. The van der Waals surface area contributed by atoms with Crippen LogP contribution in [0.25, 0.3) is 11.1 Å². The van der Waals surface area contributed by atoms with Gasteiger partial charge in [0.05, 0.1) is 28.0 Å². The molecule has 0 spiro atoms. The first kappa shape index (κ1) is 34.9. The summed E-state index contributed by atoms with van der Waals surface area (Å²) in [5, 5.41) is 15.8. The van der Waals surface area contributed by atoms with Gasteiger partial charge in [-0.15, -0.1) is 0 Å². The van der Waals surface area contributed by atoms with Crippen LogP contribution in [0.1, 0.15) is 75.3 Å². The molecule has 0 unspecified atom stereocenters. The standard InChI is InChI=1S/C38H45ClN8O4/c1-22-25(7-5-9-27(22)42-36(48)34-40-29-20-44(2)17-15-31(29)45(34)3)26-8-6-10-28(33(26)39)43-37(49)35-41-30-21-47(18-16-32(30)46(35)4)19-23-11-13-24(14-12-23)38(50)51/h5-10,23-24H,11-21H2,1-4H3,(H,42,48)(H,43,49)(H,50,51)/t23-,24+. The summed E-state index contributed by atoms with van der Waals surface area (Å²) in [4.78, 5) is 52.5. The molecule has 1 saturated carbocycles. The van der Waals surface area contributed by atoms with Gasteiger partial charge in [-0.3, -0.25) is 19.3 Å². The Bertz CT molecular complexity index is 2010. The van der Waals surface area contributed by atoms with E-state index in [9.17, 15) is 19.5 Å². The summed E-state index contributed by atoms with van der Waals surface area (Å²) in [5.41, 5.74) is 7.51. The topological polar surface area (TPSA) is 138 Å². The van der Waals surface area contributed by atoms with Crippen molar-refractivity contribution in [2.45, 2.75) is 58.5 Å². The minimum Gasteiger partial charge on any atom is -0.481 e. The summed E-state index contributed by atoms with van der Waals surface area (Å²) in [5.74, 6) is -0.316. The molecule has 4 heterocycles. The summed E-state index contributed by atoms with van der Waals surface area (Å²) in [6.07, 6.45) is 4.98. The predicted octanol–water partition coefficient (Wildman–Crippen LogP) is 5.52. The maximum atomic E-state index is 13.7. The highest BCUT2D eigenvalue weighted by Crippen LogP contribution is 2.38. The van der Waals surface area contributed by atoms with Crippen LogP contribution in [0.5, 0.6) is 0 Å². The molecule has 12 nitrogen and oxygen atoms in total. The van der Waals surface area contributed by atoms with E-state index in [-0.39, 0.29) is 17.7 Å². The van der Waals surface area contributed by atoms with Crippen LogP contribution >= 0.6 is 11.6 Å². The fourth-order valence-corrected chi connectivity index (χ4v) is 8.29. The number of aromatic nitrogens is 4. The first-order valence-electron chi connectivity index (χ1n) is 17.7. The van der Waals surface area contributed by atoms with Crippen LogP contribution in [0, 0.1) is 18.8 Å². The molecule has 2 amide bonds. The molecule has 3 N–H and O–H groups in total. The third-order valence-electron chi connectivity index (χ3n) is 11.0. The molecule has 2 aromatic carbocycles. The Hall–Kier alpha value is -4.52. The Balaban J connectivity index is 1.04. The molecule has 2 aromatic heterocycles. The van der Waals surface area contributed by atoms with Crippen molar-refractivity contribution in [2.24, 2.45) is 25.9 Å². The number of nitrogens with one attached hydrogen (secondary N) is 2. The smallest absolute Gasteiger partial charge is 0.306 e. The zero-order valence-electron chi connectivity index (χ0n) is 29.6. The number of nitrogens with zero attached hydrogens (tertiary/aromatic N) is 6. The van der Waals surface area contributed by atoms with Gasteiger partial charge in [-0.2, -0.15) is 0 Å². The van der Waals surface area contributed by atoms with Crippen molar-refractivity contribution in [1.82, 2.24) is 28.9 Å². The van der Waals surface area contributed by atoms with E-state index in [4.69, 9.17) is 16.6 Å². The number of likely N-dealkylation sites (N-methyl/N-ethyl adjacent to an activating group) is 1.